The van der Waals surface area contributed by atoms with Crippen molar-refractivity contribution in [3.8, 4) is 0 Å². The SMILES string of the molecule is CCC1NCCc2c1[nH]c1cccc(C)c21.CCC=O.Cc1cccc2[nH]cc(CCN)c12. The number of nitrogens with one attached hydrogen (secondary N) is 3. The summed E-state index contributed by atoms with van der Waals surface area (Å²) in [5, 5.41) is 6.37. The molecule has 2 aromatic carbocycles. The Balaban J connectivity index is 0.000000163. The van der Waals surface area contributed by atoms with Crippen molar-refractivity contribution in [2.24, 2.45) is 5.73 Å². The molecule has 0 amide bonds. The van der Waals surface area contributed by atoms with Crippen LogP contribution in [0.3, 0.4) is 0 Å². The molecular weight excluding hydrogens is 408 g/mol. The summed E-state index contributed by atoms with van der Waals surface area (Å²) in [6, 6.07) is 13.3. The van der Waals surface area contributed by atoms with Crippen molar-refractivity contribution in [2.45, 2.75) is 59.4 Å². The van der Waals surface area contributed by atoms with E-state index in [0.29, 0.717) is 19.0 Å². The predicted octanol–water partition coefficient (Wildman–Crippen LogP) is 5.65. The number of benzene rings is 2. The largest absolute Gasteiger partial charge is 0.361 e. The van der Waals surface area contributed by atoms with Crippen LogP contribution < -0.4 is 11.1 Å². The van der Waals surface area contributed by atoms with Crippen molar-refractivity contribution in [3.63, 3.8) is 0 Å². The molecule has 1 aliphatic heterocycles. The molecule has 176 valence electrons. The van der Waals surface area contributed by atoms with Gasteiger partial charge in [0.05, 0.1) is 0 Å². The van der Waals surface area contributed by atoms with Gasteiger partial charge in [0.1, 0.15) is 6.29 Å². The zero-order valence-corrected chi connectivity index (χ0v) is 20.4. The first kappa shape index (κ1) is 24.7. The molecule has 0 saturated carbocycles. The van der Waals surface area contributed by atoms with Crippen LogP contribution in [0.5, 0.6) is 0 Å². The van der Waals surface area contributed by atoms with Crippen LogP contribution in [0.2, 0.25) is 0 Å². The van der Waals surface area contributed by atoms with Gasteiger partial charge in [-0.15, -0.1) is 0 Å². The molecule has 1 aliphatic rings. The molecule has 33 heavy (non-hydrogen) atoms. The molecule has 5 rings (SSSR count). The summed E-state index contributed by atoms with van der Waals surface area (Å²) in [6.07, 6.45) is 6.82. The monoisotopic (exact) mass is 446 g/mol. The van der Waals surface area contributed by atoms with Gasteiger partial charge in [-0.3, -0.25) is 0 Å². The number of hydrogen-bond acceptors (Lipinski definition) is 3. The standard InChI is InChI=1S/C14H18N2.C11H14N2.C3H6O/c1-3-11-14-10(7-8-15-11)13-9(2)5-4-6-12(13)16-14;1-8-3-2-4-10-11(8)9(5-6-12)7-13-10;1-2-3-4/h4-6,11,15-16H,3,7-8H2,1-2H3;2-4,7,13H,5-6,12H2,1H3;3H,2H2,1H3. The summed E-state index contributed by atoms with van der Waals surface area (Å²) < 4.78 is 0. The second-order valence-corrected chi connectivity index (χ2v) is 8.60. The molecule has 3 heterocycles. The van der Waals surface area contributed by atoms with Gasteiger partial charge in [-0.1, -0.05) is 38.1 Å². The van der Waals surface area contributed by atoms with E-state index in [4.69, 9.17) is 5.73 Å². The van der Waals surface area contributed by atoms with E-state index in [1.165, 1.54) is 44.2 Å². The number of rotatable bonds is 4. The van der Waals surface area contributed by atoms with Crippen LogP contribution in [0.1, 0.15) is 60.7 Å². The van der Waals surface area contributed by atoms with E-state index in [9.17, 15) is 4.79 Å². The number of aldehydes is 1. The van der Waals surface area contributed by atoms with E-state index in [1.54, 1.807) is 5.56 Å². The molecule has 1 unspecified atom stereocenters. The summed E-state index contributed by atoms with van der Waals surface area (Å²) >= 11 is 0. The summed E-state index contributed by atoms with van der Waals surface area (Å²) in [7, 11) is 0. The Bertz CT molecular complexity index is 1190. The lowest BCUT2D eigenvalue weighted by molar-refractivity contribution is -0.107. The normalized spacial score (nSPS) is 14.8. The van der Waals surface area contributed by atoms with Crippen LogP contribution in [-0.2, 0) is 17.6 Å². The van der Waals surface area contributed by atoms with Gasteiger partial charge in [0, 0.05) is 46.2 Å². The smallest absolute Gasteiger partial charge is 0.119 e. The molecule has 0 aliphatic carbocycles. The van der Waals surface area contributed by atoms with Crippen LogP contribution >= 0.6 is 0 Å². The minimum atomic E-state index is 0.510. The molecule has 2 aromatic heterocycles. The Morgan fingerprint density at radius 2 is 1.70 bits per heavy atom. The van der Waals surface area contributed by atoms with E-state index < -0.39 is 0 Å². The zero-order chi connectivity index (χ0) is 23.8. The van der Waals surface area contributed by atoms with Gasteiger partial charge in [0.2, 0.25) is 0 Å². The summed E-state index contributed by atoms with van der Waals surface area (Å²) in [5.74, 6) is 0. The lowest BCUT2D eigenvalue weighted by atomic mass is 9.96. The number of fused-ring (bicyclic) bond motifs is 4. The third kappa shape index (κ3) is 5.55. The quantitative estimate of drug-likeness (QED) is 0.306. The van der Waals surface area contributed by atoms with Gasteiger partial charge in [-0.2, -0.15) is 0 Å². The summed E-state index contributed by atoms with van der Waals surface area (Å²) in [4.78, 5) is 16.0. The fraction of sp³-hybridized carbons (Fsp3) is 0.393. The first-order valence-electron chi connectivity index (χ1n) is 12.1. The number of nitrogens with two attached hydrogens (primary N) is 1. The molecular formula is C28H38N4O. The van der Waals surface area contributed by atoms with Gasteiger partial charge in [-0.25, -0.2) is 0 Å². The number of aromatic amines is 2. The fourth-order valence-corrected chi connectivity index (χ4v) is 4.71. The van der Waals surface area contributed by atoms with Crippen molar-refractivity contribution in [3.05, 3.63) is 70.5 Å². The lowest BCUT2D eigenvalue weighted by Crippen LogP contribution is -2.29. The van der Waals surface area contributed by atoms with Crippen molar-refractivity contribution in [1.82, 2.24) is 15.3 Å². The molecule has 0 saturated heterocycles. The Labute approximate surface area is 197 Å². The summed E-state index contributed by atoms with van der Waals surface area (Å²) in [6.45, 7) is 10.2. The zero-order valence-electron chi connectivity index (χ0n) is 20.4. The molecule has 5 N–H and O–H groups in total. The average Bonchev–Trinajstić information content (AvgIpc) is 3.43. The van der Waals surface area contributed by atoms with Crippen molar-refractivity contribution < 1.29 is 4.79 Å². The maximum atomic E-state index is 9.17. The number of aromatic nitrogens is 2. The average molecular weight is 447 g/mol. The summed E-state index contributed by atoms with van der Waals surface area (Å²) in [5.41, 5.74) is 15.1. The van der Waals surface area contributed by atoms with Crippen molar-refractivity contribution in [2.75, 3.05) is 13.1 Å². The maximum Gasteiger partial charge on any atom is 0.119 e. The van der Waals surface area contributed by atoms with E-state index in [1.807, 2.05) is 6.92 Å². The van der Waals surface area contributed by atoms with Crippen LogP contribution in [0.25, 0.3) is 21.8 Å². The van der Waals surface area contributed by atoms with Crippen molar-refractivity contribution in [1.29, 1.82) is 0 Å². The Morgan fingerprint density at radius 1 is 1.03 bits per heavy atom. The number of carbonyl (C=O) groups excluding carboxylic acids is 1. The molecule has 0 fully saturated rings. The van der Waals surface area contributed by atoms with E-state index in [2.05, 4.69) is 78.7 Å². The van der Waals surface area contributed by atoms with Crippen LogP contribution in [0.15, 0.2) is 42.6 Å². The van der Waals surface area contributed by atoms with E-state index in [0.717, 1.165) is 32.1 Å². The minimum absolute atomic E-state index is 0.510. The molecule has 4 aromatic rings. The highest BCUT2D eigenvalue weighted by atomic mass is 16.1. The fourth-order valence-electron chi connectivity index (χ4n) is 4.71. The van der Waals surface area contributed by atoms with Gasteiger partial charge in [0.15, 0.2) is 0 Å². The first-order valence-corrected chi connectivity index (χ1v) is 12.1. The second-order valence-electron chi connectivity index (χ2n) is 8.60. The number of aryl methyl sites for hydroxylation is 2. The van der Waals surface area contributed by atoms with Crippen LogP contribution in [0, 0.1) is 13.8 Å². The van der Waals surface area contributed by atoms with Gasteiger partial charge in [0.25, 0.3) is 0 Å². The third-order valence-corrected chi connectivity index (χ3v) is 6.27. The third-order valence-electron chi connectivity index (χ3n) is 6.27. The van der Waals surface area contributed by atoms with Crippen LogP contribution in [0.4, 0.5) is 0 Å². The first-order chi connectivity index (χ1) is 16.0. The van der Waals surface area contributed by atoms with Gasteiger partial charge < -0.3 is 25.8 Å². The Kier molecular flexibility index (Phi) is 8.87. The lowest BCUT2D eigenvalue weighted by Gasteiger charge is -2.23. The number of hydrogen-bond donors (Lipinski definition) is 4. The molecule has 1 atom stereocenters. The van der Waals surface area contributed by atoms with E-state index >= 15 is 0 Å². The number of carbonyl (C=O) groups is 1. The molecule has 0 radical (unpaired) electrons. The minimum Gasteiger partial charge on any atom is -0.361 e. The Morgan fingerprint density at radius 3 is 2.33 bits per heavy atom. The van der Waals surface area contributed by atoms with Crippen molar-refractivity contribution >= 4 is 28.1 Å². The molecule has 0 bridgehead atoms. The highest BCUT2D eigenvalue weighted by Gasteiger charge is 2.22. The highest BCUT2D eigenvalue weighted by Crippen LogP contribution is 2.32. The number of H-pyrrole nitrogens is 2. The molecule has 0 spiro atoms. The second kappa shape index (κ2) is 11.8. The predicted molar refractivity (Wildman–Crippen MR) is 140 cm³/mol. The van der Waals surface area contributed by atoms with Gasteiger partial charge in [-0.05, 0) is 80.6 Å². The maximum absolute atomic E-state index is 9.17. The van der Waals surface area contributed by atoms with Crippen LogP contribution in [-0.4, -0.2) is 29.3 Å². The highest BCUT2D eigenvalue weighted by molar-refractivity contribution is 5.88. The van der Waals surface area contributed by atoms with Gasteiger partial charge >= 0.3 is 0 Å². The van der Waals surface area contributed by atoms with E-state index in [-0.39, 0.29) is 0 Å². The Hall–Kier alpha value is -2.89. The molecule has 5 nitrogen and oxygen atoms in total. The molecule has 5 heteroatoms. The topological polar surface area (TPSA) is 86.7 Å².